The summed E-state index contributed by atoms with van der Waals surface area (Å²) in [6, 6.07) is 44.9. The minimum Gasteiger partial charge on any atom is -0.440 e. The minimum absolute atomic E-state index is 0.0268. The molecular formula is C62H71BN2O. The van der Waals surface area contributed by atoms with E-state index in [0.29, 0.717) is 0 Å². The Kier molecular flexibility index (Phi) is 9.76. The van der Waals surface area contributed by atoms with Crippen LogP contribution in [0.3, 0.4) is 0 Å². The van der Waals surface area contributed by atoms with Crippen molar-refractivity contribution in [2.75, 3.05) is 9.80 Å². The third kappa shape index (κ3) is 7.07. The van der Waals surface area contributed by atoms with Gasteiger partial charge in [0.05, 0.1) is 5.69 Å². The van der Waals surface area contributed by atoms with Crippen molar-refractivity contribution in [1.82, 2.24) is 0 Å². The van der Waals surface area contributed by atoms with Crippen molar-refractivity contribution in [2.24, 2.45) is 0 Å². The summed E-state index contributed by atoms with van der Waals surface area (Å²) in [6.07, 6.45) is 2.31. The van der Waals surface area contributed by atoms with Crippen LogP contribution in [0.25, 0.3) is 22.1 Å². The molecule has 6 aromatic carbocycles. The number of nitrogens with zero attached hydrogens (tertiary/aromatic N) is 2. The lowest BCUT2D eigenvalue weighted by Gasteiger charge is -2.47. The molecule has 0 saturated heterocycles. The van der Waals surface area contributed by atoms with Crippen molar-refractivity contribution in [3.63, 3.8) is 0 Å². The van der Waals surface area contributed by atoms with E-state index >= 15 is 0 Å². The molecule has 7 aromatic rings. The minimum atomic E-state index is -0.148. The van der Waals surface area contributed by atoms with E-state index in [2.05, 4.69) is 236 Å². The lowest BCUT2D eigenvalue weighted by molar-refractivity contribution is 0.332. The van der Waals surface area contributed by atoms with Gasteiger partial charge in [-0.3, -0.25) is 4.90 Å². The van der Waals surface area contributed by atoms with Crippen LogP contribution in [-0.4, -0.2) is 6.71 Å². The van der Waals surface area contributed by atoms with Crippen molar-refractivity contribution in [3.05, 3.63) is 149 Å². The molecule has 0 saturated carbocycles. The van der Waals surface area contributed by atoms with Crippen molar-refractivity contribution in [1.29, 1.82) is 0 Å². The summed E-state index contributed by atoms with van der Waals surface area (Å²) in [5, 5.41) is 1.20. The Bertz CT molecular complexity index is 3060. The largest absolute Gasteiger partial charge is 0.440 e. The maximum Gasteiger partial charge on any atom is 0.257 e. The monoisotopic (exact) mass is 871 g/mol. The van der Waals surface area contributed by atoms with Gasteiger partial charge in [-0.25, -0.2) is 0 Å². The maximum absolute atomic E-state index is 7.46. The fourth-order valence-electron chi connectivity index (χ4n) is 11.2. The van der Waals surface area contributed by atoms with Gasteiger partial charge in [0.25, 0.3) is 6.71 Å². The number of anilines is 6. The van der Waals surface area contributed by atoms with E-state index in [1.54, 1.807) is 0 Å². The highest BCUT2D eigenvalue weighted by molar-refractivity contribution is 7.01. The first-order valence-electron chi connectivity index (χ1n) is 24.6. The van der Waals surface area contributed by atoms with Crippen LogP contribution in [0.5, 0.6) is 0 Å². The molecule has 1 aromatic heterocycles. The molecule has 0 atom stereocenters. The molecule has 3 nitrogen and oxygen atoms in total. The molecule has 4 heteroatoms. The van der Waals surface area contributed by atoms with Gasteiger partial charge >= 0.3 is 0 Å². The van der Waals surface area contributed by atoms with E-state index in [-0.39, 0.29) is 39.2 Å². The van der Waals surface area contributed by atoms with Crippen LogP contribution >= 0.6 is 0 Å². The Morgan fingerprint density at radius 3 is 1.59 bits per heavy atom. The molecule has 0 N–H and O–H groups in total. The summed E-state index contributed by atoms with van der Waals surface area (Å²) in [6.45, 7) is 37.7. The second-order valence-electron chi connectivity index (χ2n) is 25.4. The van der Waals surface area contributed by atoms with Gasteiger partial charge in [0, 0.05) is 39.2 Å². The van der Waals surface area contributed by atoms with Gasteiger partial charge in [0.15, 0.2) is 0 Å². The topological polar surface area (TPSA) is 19.6 Å². The molecule has 0 bridgehead atoms. The second kappa shape index (κ2) is 14.5. The van der Waals surface area contributed by atoms with E-state index in [1.807, 2.05) is 0 Å². The van der Waals surface area contributed by atoms with Gasteiger partial charge in [-0.2, -0.15) is 0 Å². The maximum atomic E-state index is 7.46. The Labute approximate surface area is 396 Å². The summed E-state index contributed by atoms with van der Waals surface area (Å²) in [7, 11) is 0. The zero-order chi connectivity index (χ0) is 47.3. The van der Waals surface area contributed by atoms with E-state index < -0.39 is 0 Å². The molecule has 66 heavy (non-hydrogen) atoms. The highest BCUT2D eigenvalue weighted by Crippen LogP contribution is 2.53. The molecule has 0 unspecified atom stereocenters. The Morgan fingerprint density at radius 1 is 0.470 bits per heavy atom. The summed E-state index contributed by atoms with van der Waals surface area (Å²) < 4.78 is 7.46. The van der Waals surface area contributed by atoms with Gasteiger partial charge in [-0.1, -0.05) is 171 Å². The molecule has 3 aliphatic rings. The molecule has 10 rings (SSSR count). The number of rotatable bonds is 3. The van der Waals surface area contributed by atoms with Crippen LogP contribution in [0.15, 0.2) is 120 Å². The molecule has 3 heterocycles. The van der Waals surface area contributed by atoms with Crippen LogP contribution in [0.2, 0.25) is 0 Å². The van der Waals surface area contributed by atoms with E-state index in [1.165, 1.54) is 89.0 Å². The Hall–Kier alpha value is -5.48. The number of furan rings is 1. The van der Waals surface area contributed by atoms with Crippen molar-refractivity contribution < 1.29 is 4.42 Å². The van der Waals surface area contributed by atoms with Crippen molar-refractivity contribution in [2.45, 2.75) is 156 Å². The van der Waals surface area contributed by atoms with E-state index in [9.17, 15) is 0 Å². The molecule has 0 spiro atoms. The lowest BCUT2D eigenvalue weighted by Crippen LogP contribution is -2.61. The summed E-state index contributed by atoms with van der Waals surface area (Å²) in [4.78, 5) is 5.15. The molecule has 2 aliphatic heterocycles. The first-order valence-corrected chi connectivity index (χ1v) is 24.6. The third-order valence-electron chi connectivity index (χ3n) is 15.6. The molecular weight excluding hydrogens is 800 g/mol. The first kappa shape index (κ1) is 44.4. The molecule has 0 radical (unpaired) electrons. The highest BCUT2D eigenvalue weighted by atomic mass is 16.4. The highest BCUT2D eigenvalue weighted by Gasteiger charge is 2.49. The van der Waals surface area contributed by atoms with Crippen LogP contribution in [0, 0.1) is 0 Å². The normalized spacial score (nSPS) is 16.5. The lowest BCUT2D eigenvalue weighted by atomic mass is 9.33. The fraction of sp³-hybridized carbons (Fsp3) is 0.387. The predicted octanol–water partition coefficient (Wildman–Crippen LogP) is 15.7. The smallest absolute Gasteiger partial charge is 0.257 e. The zero-order valence-corrected chi connectivity index (χ0v) is 42.8. The average Bonchev–Trinajstić information content (AvgIpc) is 3.62. The summed E-state index contributed by atoms with van der Waals surface area (Å²) in [5.74, 6) is 0.914. The van der Waals surface area contributed by atoms with Gasteiger partial charge in [-0.05, 0) is 150 Å². The van der Waals surface area contributed by atoms with E-state index in [4.69, 9.17) is 4.42 Å². The SMILES string of the molecule is CC(C)(C)c1ccc(N2c3cc4c(cc3B3c5c2cc(C(C)(C)C)cc5N(c2ccc(C(C)(C)C)cc2-c2ccccc2)c2oc5ccc(C(C)(C)C)cc5c23)C(C)(C)CCC4(C)C)cc1. The first-order chi connectivity index (χ1) is 30.7. The van der Waals surface area contributed by atoms with Crippen LogP contribution in [0.1, 0.15) is 157 Å². The summed E-state index contributed by atoms with van der Waals surface area (Å²) >= 11 is 0. The fourth-order valence-corrected chi connectivity index (χ4v) is 11.2. The number of hydrogen-bond donors (Lipinski definition) is 0. The molecule has 0 amide bonds. The van der Waals surface area contributed by atoms with Gasteiger partial charge in [0.1, 0.15) is 5.58 Å². The number of fused-ring (bicyclic) bond motifs is 7. The van der Waals surface area contributed by atoms with Gasteiger partial charge in [-0.15, -0.1) is 0 Å². The van der Waals surface area contributed by atoms with Crippen molar-refractivity contribution >= 4 is 68.4 Å². The third-order valence-corrected chi connectivity index (χ3v) is 15.6. The molecule has 0 fully saturated rings. The van der Waals surface area contributed by atoms with E-state index in [0.717, 1.165) is 30.0 Å². The van der Waals surface area contributed by atoms with Crippen LogP contribution in [0.4, 0.5) is 34.3 Å². The predicted molar refractivity (Wildman–Crippen MR) is 286 cm³/mol. The summed E-state index contributed by atoms with van der Waals surface area (Å²) in [5.41, 5.74) is 21.3. The van der Waals surface area contributed by atoms with Gasteiger partial charge < -0.3 is 9.32 Å². The van der Waals surface area contributed by atoms with Gasteiger partial charge in [0.2, 0.25) is 5.88 Å². The zero-order valence-electron chi connectivity index (χ0n) is 42.8. The molecule has 1 aliphatic carbocycles. The van der Waals surface area contributed by atoms with Crippen LogP contribution in [-0.2, 0) is 32.5 Å². The van der Waals surface area contributed by atoms with Crippen LogP contribution < -0.4 is 26.2 Å². The number of hydrogen-bond acceptors (Lipinski definition) is 3. The number of benzene rings is 6. The second-order valence-corrected chi connectivity index (χ2v) is 25.4. The quantitative estimate of drug-likeness (QED) is 0.165. The Balaban J connectivity index is 1.39. The Morgan fingerprint density at radius 2 is 1.00 bits per heavy atom. The standard InChI is InChI=1S/C62H71BN2O/c1-57(2,3)39-22-26-43(27-23-39)64-50-37-47-46(61(13,14)30-31-62(47,15)16)36-48(50)63-54-45-33-41(59(7,8)9)25-29-53(45)66-56(54)65(52-35-42(60(10,11)12)34-51(64)55(52)63)49-28-24-40(58(4,5)6)32-44(49)38-20-18-17-19-21-38/h17-29,32-37H,30-31H2,1-16H3. The average molecular weight is 871 g/mol. The molecule has 338 valence electrons. The van der Waals surface area contributed by atoms with Crippen molar-refractivity contribution in [3.8, 4) is 11.1 Å².